The number of ether oxygens (including phenoxy) is 1. The molecule has 1 heterocycles. The van der Waals surface area contributed by atoms with Gasteiger partial charge in [-0.15, -0.1) is 0 Å². The third kappa shape index (κ3) is 3.19. The molecule has 1 aliphatic heterocycles. The van der Waals surface area contributed by atoms with E-state index in [2.05, 4.69) is 5.32 Å². The molecule has 1 aliphatic rings. The summed E-state index contributed by atoms with van der Waals surface area (Å²) in [7, 11) is 0. The van der Waals surface area contributed by atoms with Gasteiger partial charge in [-0.3, -0.25) is 0 Å². The van der Waals surface area contributed by atoms with Crippen LogP contribution in [0, 0.1) is 0 Å². The molecule has 0 aliphatic carbocycles. The van der Waals surface area contributed by atoms with Crippen molar-refractivity contribution in [3.05, 3.63) is 29.8 Å². The second-order valence-electron chi connectivity index (χ2n) is 4.80. The predicted molar refractivity (Wildman–Crippen MR) is 64.9 cm³/mol. The van der Waals surface area contributed by atoms with Crippen molar-refractivity contribution in [1.82, 2.24) is 0 Å². The van der Waals surface area contributed by atoms with Crippen molar-refractivity contribution in [2.75, 3.05) is 18.5 Å². The Hall–Kier alpha value is -1.27. The molecule has 1 fully saturated rings. The molecular formula is C13H16F3NO2. The molecule has 1 saturated heterocycles. The van der Waals surface area contributed by atoms with Gasteiger partial charge in [0.15, 0.2) is 0 Å². The highest BCUT2D eigenvalue weighted by Gasteiger charge is 2.39. The number of halogens is 3. The Morgan fingerprint density at radius 2 is 2.00 bits per heavy atom. The van der Waals surface area contributed by atoms with Gasteiger partial charge >= 0.3 is 6.18 Å². The molecule has 106 valence electrons. The van der Waals surface area contributed by atoms with Crippen molar-refractivity contribution in [1.29, 1.82) is 0 Å². The summed E-state index contributed by atoms with van der Waals surface area (Å²) < 4.78 is 42.4. The number of nitrogens with one attached hydrogen (secondary N) is 1. The van der Waals surface area contributed by atoms with Gasteiger partial charge < -0.3 is 15.2 Å². The number of hydrogen-bond donors (Lipinski definition) is 2. The molecule has 2 N–H and O–H groups in total. The van der Waals surface area contributed by atoms with Crippen molar-refractivity contribution < 1.29 is 23.0 Å². The van der Waals surface area contributed by atoms with Crippen LogP contribution in [0.5, 0.6) is 0 Å². The van der Waals surface area contributed by atoms with Gasteiger partial charge in [0.05, 0.1) is 11.7 Å². The Kier molecular flexibility index (Phi) is 3.73. The average Bonchev–Trinajstić information content (AvgIpc) is 2.67. The second kappa shape index (κ2) is 5.02. The number of alkyl halides is 3. The lowest BCUT2D eigenvalue weighted by Crippen LogP contribution is -2.43. The van der Waals surface area contributed by atoms with Gasteiger partial charge in [0.25, 0.3) is 0 Å². The van der Waals surface area contributed by atoms with E-state index in [1.165, 1.54) is 12.1 Å². The van der Waals surface area contributed by atoms with Gasteiger partial charge in [-0.25, -0.2) is 0 Å². The first-order chi connectivity index (χ1) is 8.81. The lowest BCUT2D eigenvalue weighted by molar-refractivity contribution is -0.137. The molecule has 1 aromatic rings. The molecule has 0 amide bonds. The van der Waals surface area contributed by atoms with Crippen LogP contribution in [0.25, 0.3) is 0 Å². The van der Waals surface area contributed by atoms with E-state index in [0.29, 0.717) is 18.7 Å². The van der Waals surface area contributed by atoms with Crippen LogP contribution in [0.15, 0.2) is 24.3 Å². The second-order valence-corrected chi connectivity index (χ2v) is 4.80. The summed E-state index contributed by atoms with van der Waals surface area (Å²) in [6.45, 7) is 2.52. The van der Waals surface area contributed by atoms with Gasteiger partial charge in [0.2, 0.25) is 0 Å². The number of rotatable bonds is 3. The summed E-state index contributed by atoms with van der Waals surface area (Å²) in [5.41, 5.74) is -1.11. The van der Waals surface area contributed by atoms with Crippen LogP contribution in [0.2, 0.25) is 0 Å². The summed E-state index contributed by atoms with van der Waals surface area (Å²) in [4.78, 5) is 0. The summed E-state index contributed by atoms with van der Waals surface area (Å²) in [6.07, 6.45) is -4.10. The minimum atomic E-state index is -4.33. The lowest BCUT2D eigenvalue weighted by atomic mass is 9.96. The van der Waals surface area contributed by atoms with Crippen LogP contribution in [0.3, 0.4) is 0 Å². The quantitative estimate of drug-likeness (QED) is 0.891. The van der Waals surface area contributed by atoms with Gasteiger partial charge in [-0.1, -0.05) is 0 Å². The molecule has 0 aromatic heterocycles. The maximum atomic E-state index is 12.4. The summed E-state index contributed by atoms with van der Waals surface area (Å²) in [5.74, 6) is 0. The van der Waals surface area contributed by atoms with E-state index in [1.807, 2.05) is 0 Å². The fourth-order valence-corrected chi connectivity index (χ4v) is 2.04. The van der Waals surface area contributed by atoms with Crippen LogP contribution in [-0.4, -0.2) is 30.0 Å². The van der Waals surface area contributed by atoms with E-state index in [9.17, 15) is 18.3 Å². The highest BCUT2D eigenvalue weighted by Crippen LogP contribution is 2.30. The topological polar surface area (TPSA) is 41.5 Å². The van der Waals surface area contributed by atoms with Crippen molar-refractivity contribution in [3.63, 3.8) is 0 Å². The molecule has 0 bridgehead atoms. The van der Waals surface area contributed by atoms with Crippen molar-refractivity contribution in [2.45, 2.75) is 31.2 Å². The predicted octanol–water partition coefficient (Wildman–Crippen LogP) is 2.66. The fourth-order valence-electron chi connectivity index (χ4n) is 2.04. The summed E-state index contributed by atoms with van der Waals surface area (Å²) >= 11 is 0. The normalized spacial score (nSPS) is 27.5. The van der Waals surface area contributed by atoms with Crippen LogP contribution in [0.4, 0.5) is 18.9 Å². The zero-order chi connectivity index (χ0) is 14.1. The smallest absolute Gasteiger partial charge is 0.385 e. The first-order valence-corrected chi connectivity index (χ1v) is 6.06. The van der Waals surface area contributed by atoms with Gasteiger partial charge in [-0.2, -0.15) is 13.2 Å². The average molecular weight is 275 g/mol. The molecule has 6 heteroatoms. The molecule has 0 saturated carbocycles. The van der Waals surface area contributed by atoms with Gasteiger partial charge in [0, 0.05) is 25.3 Å². The number of benzene rings is 1. The van der Waals surface area contributed by atoms with Gasteiger partial charge in [-0.05, 0) is 31.2 Å². The third-order valence-electron chi connectivity index (χ3n) is 3.47. The molecule has 2 unspecified atom stereocenters. The van der Waals surface area contributed by atoms with Crippen LogP contribution in [-0.2, 0) is 10.9 Å². The lowest BCUT2D eigenvalue weighted by Gasteiger charge is -2.26. The summed E-state index contributed by atoms with van der Waals surface area (Å²) in [5, 5.41) is 13.2. The Morgan fingerprint density at radius 1 is 1.37 bits per heavy atom. The van der Waals surface area contributed by atoms with Crippen LogP contribution < -0.4 is 5.32 Å². The number of aliphatic hydroxyl groups is 1. The Balaban J connectivity index is 1.97. The molecule has 2 atom stereocenters. The van der Waals surface area contributed by atoms with E-state index in [0.717, 1.165) is 12.1 Å². The Labute approximate surface area is 109 Å². The molecular weight excluding hydrogens is 259 g/mol. The number of anilines is 1. The first-order valence-electron chi connectivity index (χ1n) is 6.06. The SMILES string of the molecule is CC1OCCC1(O)CNc1ccc(C(F)(F)F)cc1. The number of hydrogen-bond acceptors (Lipinski definition) is 3. The molecule has 19 heavy (non-hydrogen) atoms. The van der Waals surface area contributed by atoms with E-state index in [1.54, 1.807) is 6.92 Å². The highest BCUT2D eigenvalue weighted by molar-refractivity contribution is 5.45. The Morgan fingerprint density at radius 3 is 2.47 bits per heavy atom. The molecule has 1 aromatic carbocycles. The zero-order valence-electron chi connectivity index (χ0n) is 10.5. The largest absolute Gasteiger partial charge is 0.416 e. The zero-order valence-corrected chi connectivity index (χ0v) is 10.5. The first kappa shape index (κ1) is 14.1. The Bertz CT molecular complexity index is 433. The molecule has 0 radical (unpaired) electrons. The fraction of sp³-hybridized carbons (Fsp3) is 0.538. The monoisotopic (exact) mass is 275 g/mol. The van der Waals surface area contributed by atoms with Crippen molar-refractivity contribution in [3.8, 4) is 0 Å². The van der Waals surface area contributed by atoms with E-state index < -0.39 is 17.3 Å². The van der Waals surface area contributed by atoms with E-state index in [-0.39, 0.29) is 12.6 Å². The standard InChI is InChI=1S/C13H16F3NO2/c1-9-12(18,6-7-19-9)8-17-11-4-2-10(3-5-11)13(14,15)16/h2-5,9,17-18H,6-8H2,1H3. The van der Waals surface area contributed by atoms with Crippen LogP contribution >= 0.6 is 0 Å². The summed E-state index contributed by atoms with van der Waals surface area (Å²) in [6, 6.07) is 4.74. The maximum Gasteiger partial charge on any atom is 0.416 e. The highest BCUT2D eigenvalue weighted by atomic mass is 19.4. The van der Waals surface area contributed by atoms with Gasteiger partial charge in [0.1, 0.15) is 5.60 Å². The molecule has 3 nitrogen and oxygen atoms in total. The third-order valence-corrected chi connectivity index (χ3v) is 3.47. The van der Waals surface area contributed by atoms with Crippen LogP contribution in [0.1, 0.15) is 18.9 Å². The van der Waals surface area contributed by atoms with E-state index in [4.69, 9.17) is 4.74 Å². The molecule has 0 spiro atoms. The minimum Gasteiger partial charge on any atom is -0.385 e. The maximum absolute atomic E-state index is 12.4. The molecule has 2 rings (SSSR count). The minimum absolute atomic E-state index is 0.250. The van der Waals surface area contributed by atoms with E-state index >= 15 is 0 Å². The van der Waals surface area contributed by atoms with Crippen molar-refractivity contribution >= 4 is 5.69 Å². The van der Waals surface area contributed by atoms with Crippen molar-refractivity contribution in [2.24, 2.45) is 0 Å².